The Balaban J connectivity index is 1.84. The molecule has 2 aromatic rings. The molecule has 0 unspecified atom stereocenters. The van der Waals surface area contributed by atoms with E-state index in [1.165, 1.54) is 0 Å². The van der Waals surface area contributed by atoms with E-state index in [2.05, 4.69) is 10.6 Å². The third-order valence-electron chi connectivity index (χ3n) is 4.01. The molecule has 0 spiro atoms. The van der Waals surface area contributed by atoms with Gasteiger partial charge in [0.15, 0.2) is 11.5 Å². The van der Waals surface area contributed by atoms with Gasteiger partial charge in [0.1, 0.15) is 6.04 Å². The van der Waals surface area contributed by atoms with Crippen molar-refractivity contribution in [3.8, 4) is 11.5 Å². The minimum atomic E-state index is -0.454. The first-order valence-corrected chi connectivity index (χ1v) is 8.05. The molecule has 0 aromatic heterocycles. The molecule has 1 aliphatic carbocycles. The first-order chi connectivity index (χ1) is 11.7. The second-order valence-electron chi connectivity index (χ2n) is 5.84. The normalized spacial score (nSPS) is 14.6. The van der Waals surface area contributed by atoms with Crippen LogP contribution in [0.2, 0.25) is 0 Å². The van der Waals surface area contributed by atoms with Gasteiger partial charge in [0, 0.05) is 17.8 Å². The van der Waals surface area contributed by atoms with Crippen LogP contribution in [-0.4, -0.2) is 26.2 Å². The average Bonchev–Trinajstić information content (AvgIpc) is 3.44. The lowest BCUT2D eigenvalue weighted by atomic mass is 10.1. The minimum absolute atomic E-state index is 0.0153. The Kier molecular flexibility index (Phi) is 4.89. The van der Waals surface area contributed by atoms with E-state index >= 15 is 0 Å². The topological polar surface area (TPSA) is 59.6 Å². The molecule has 126 valence electrons. The van der Waals surface area contributed by atoms with E-state index in [9.17, 15) is 4.79 Å². The van der Waals surface area contributed by atoms with Gasteiger partial charge in [-0.25, -0.2) is 0 Å². The summed E-state index contributed by atoms with van der Waals surface area (Å²) in [5.74, 6) is 1.26. The van der Waals surface area contributed by atoms with E-state index in [-0.39, 0.29) is 5.91 Å². The third-order valence-corrected chi connectivity index (χ3v) is 4.01. The van der Waals surface area contributed by atoms with Crippen molar-refractivity contribution in [3.05, 3.63) is 54.1 Å². The zero-order valence-corrected chi connectivity index (χ0v) is 13.9. The first-order valence-electron chi connectivity index (χ1n) is 8.05. The molecular weight excluding hydrogens is 304 g/mol. The molecule has 3 rings (SSSR count). The van der Waals surface area contributed by atoms with E-state index < -0.39 is 6.04 Å². The predicted octanol–water partition coefficient (Wildman–Crippen LogP) is 3.14. The third kappa shape index (κ3) is 3.79. The Bertz CT molecular complexity index is 699. The summed E-state index contributed by atoms with van der Waals surface area (Å²) < 4.78 is 10.6. The molecule has 2 aromatic carbocycles. The van der Waals surface area contributed by atoms with Crippen LogP contribution < -0.4 is 20.1 Å². The number of anilines is 1. The number of benzene rings is 2. The second kappa shape index (κ2) is 7.25. The summed E-state index contributed by atoms with van der Waals surface area (Å²) in [4.78, 5) is 12.6. The monoisotopic (exact) mass is 326 g/mol. The molecule has 0 saturated heterocycles. The summed E-state index contributed by atoms with van der Waals surface area (Å²) in [5, 5.41) is 6.37. The maximum absolute atomic E-state index is 12.6. The molecule has 0 radical (unpaired) electrons. The summed E-state index contributed by atoms with van der Waals surface area (Å²) >= 11 is 0. The van der Waals surface area contributed by atoms with Gasteiger partial charge in [-0.3, -0.25) is 4.79 Å². The lowest BCUT2D eigenvalue weighted by Crippen LogP contribution is -2.34. The van der Waals surface area contributed by atoms with Crippen LogP contribution in [0.1, 0.15) is 24.4 Å². The van der Waals surface area contributed by atoms with E-state index in [0.29, 0.717) is 17.5 Å². The average molecular weight is 326 g/mol. The fourth-order valence-electron chi connectivity index (χ4n) is 2.55. The molecule has 0 bridgehead atoms. The highest BCUT2D eigenvalue weighted by Crippen LogP contribution is 2.31. The second-order valence-corrected chi connectivity index (χ2v) is 5.84. The van der Waals surface area contributed by atoms with Gasteiger partial charge in [0.05, 0.1) is 14.2 Å². The molecule has 24 heavy (non-hydrogen) atoms. The number of carbonyl (C=O) groups excluding carboxylic acids is 1. The Labute approximate surface area is 142 Å². The van der Waals surface area contributed by atoms with Crippen LogP contribution in [0.25, 0.3) is 0 Å². The highest BCUT2D eigenvalue weighted by atomic mass is 16.5. The van der Waals surface area contributed by atoms with Gasteiger partial charge < -0.3 is 20.1 Å². The number of carbonyl (C=O) groups is 1. The fraction of sp³-hybridized carbons (Fsp3) is 0.316. The maximum Gasteiger partial charge on any atom is 0.247 e. The summed E-state index contributed by atoms with van der Waals surface area (Å²) in [6.07, 6.45) is 2.12. The summed E-state index contributed by atoms with van der Waals surface area (Å²) in [5.41, 5.74) is 1.72. The smallest absolute Gasteiger partial charge is 0.247 e. The van der Waals surface area contributed by atoms with Crippen molar-refractivity contribution in [2.75, 3.05) is 19.5 Å². The van der Waals surface area contributed by atoms with Gasteiger partial charge in [-0.2, -0.15) is 0 Å². The first kappa shape index (κ1) is 16.2. The zero-order chi connectivity index (χ0) is 16.9. The van der Waals surface area contributed by atoms with Crippen molar-refractivity contribution in [2.24, 2.45) is 0 Å². The van der Waals surface area contributed by atoms with Gasteiger partial charge in [-0.15, -0.1) is 0 Å². The lowest BCUT2D eigenvalue weighted by Gasteiger charge is -2.20. The SMILES string of the molecule is COc1ccc(N[C@@H](C(=O)NC2CC2)c2ccccc2)cc1OC. The van der Waals surface area contributed by atoms with E-state index in [0.717, 1.165) is 24.1 Å². The molecule has 0 heterocycles. The number of ether oxygens (including phenoxy) is 2. The highest BCUT2D eigenvalue weighted by Gasteiger charge is 2.28. The molecular formula is C19H22N2O3. The molecule has 5 nitrogen and oxygen atoms in total. The molecule has 0 aliphatic heterocycles. The van der Waals surface area contributed by atoms with Gasteiger partial charge >= 0.3 is 0 Å². The Morgan fingerprint density at radius 2 is 1.75 bits per heavy atom. The molecule has 1 atom stereocenters. The Morgan fingerprint density at radius 1 is 1.04 bits per heavy atom. The van der Waals surface area contributed by atoms with Crippen LogP contribution in [0, 0.1) is 0 Å². The largest absolute Gasteiger partial charge is 0.493 e. The van der Waals surface area contributed by atoms with Crippen LogP contribution in [0.3, 0.4) is 0 Å². The van der Waals surface area contributed by atoms with Crippen molar-refractivity contribution in [3.63, 3.8) is 0 Å². The predicted molar refractivity (Wildman–Crippen MR) is 93.5 cm³/mol. The quantitative estimate of drug-likeness (QED) is 0.821. The van der Waals surface area contributed by atoms with E-state index in [4.69, 9.17) is 9.47 Å². The molecule has 2 N–H and O–H groups in total. The molecule has 1 aliphatic rings. The number of hydrogen-bond acceptors (Lipinski definition) is 4. The van der Waals surface area contributed by atoms with Crippen LogP contribution in [0.5, 0.6) is 11.5 Å². The number of rotatable bonds is 7. The number of methoxy groups -OCH3 is 2. The zero-order valence-electron chi connectivity index (χ0n) is 13.9. The van der Waals surface area contributed by atoms with Crippen LogP contribution in [0.4, 0.5) is 5.69 Å². The van der Waals surface area contributed by atoms with Crippen molar-refractivity contribution >= 4 is 11.6 Å². The van der Waals surface area contributed by atoms with Gasteiger partial charge in [0.25, 0.3) is 0 Å². The van der Waals surface area contributed by atoms with Gasteiger partial charge in [-0.05, 0) is 30.5 Å². The van der Waals surface area contributed by atoms with Crippen LogP contribution >= 0.6 is 0 Å². The van der Waals surface area contributed by atoms with Crippen molar-refractivity contribution in [2.45, 2.75) is 24.9 Å². The molecule has 1 saturated carbocycles. The number of amides is 1. The Hall–Kier alpha value is -2.69. The molecule has 5 heteroatoms. The standard InChI is InChI=1S/C19H22N2O3/c1-23-16-11-10-15(12-17(16)24-2)20-18(13-6-4-3-5-7-13)19(22)21-14-8-9-14/h3-7,10-12,14,18,20H,8-9H2,1-2H3,(H,21,22)/t18-/m1/s1. The molecule has 1 fully saturated rings. The lowest BCUT2D eigenvalue weighted by molar-refractivity contribution is -0.122. The van der Waals surface area contributed by atoms with Gasteiger partial charge in [0.2, 0.25) is 5.91 Å². The summed E-state index contributed by atoms with van der Waals surface area (Å²) in [7, 11) is 3.19. The van der Waals surface area contributed by atoms with Crippen LogP contribution in [0.15, 0.2) is 48.5 Å². The summed E-state index contributed by atoms with van der Waals surface area (Å²) in [6.45, 7) is 0. The van der Waals surface area contributed by atoms with Crippen LogP contribution in [-0.2, 0) is 4.79 Å². The number of nitrogens with one attached hydrogen (secondary N) is 2. The van der Waals surface area contributed by atoms with Crippen molar-refractivity contribution in [1.82, 2.24) is 5.32 Å². The fourth-order valence-corrected chi connectivity index (χ4v) is 2.55. The highest BCUT2D eigenvalue weighted by molar-refractivity contribution is 5.86. The van der Waals surface area contributed by atoms with E-state index in [1.54, 1.807) is 14.2 Å². The maximum atomic E-state index is 12.6. The number of hydrogen-bond donors (Lipinski definition) is 2. The molecule has 1 amide bonds. The van der Waals surface area contributed by atoms with E-state index in [1.807, 2.05) is 48.5 Å². The van der Waals surface area contributed by atoms with Crippen molar-refractivity contribution in [1.29, 1.82) is 0 Å². The summed E-state index contributed by atoms with van der Waals surface area (Å²) in [6, 6.07) is 15.1. The van der Waals surface area contributed by atoms with Crippen molar-refractivity contribution < 1.29 is 14.3 Å². The minimum Gasteiger partial charge on any atom is -0.493 e. The Morgan fingerprint density at radius 3 is 2.38 bits per heavy atom. The van der Waals surface area contributed by atoms with Gasteiger partial charge in [-0.1, -0.05) is 30.3 Å².